The number of anilines is 1. The number of rotatable bonds is 7. The molecule has 0 bridgehead atoms. The van der Waals surface area contributed by atoms with E-state index in [2.05, 4.69) is 41.4 Å². The molecule has 1 amide bonds. The van der Waals surface area contributed by atoms with E-state index in [-0.39, 0.29) is 29.2 Å². The standard InChI is InChI=1S/C22H27N5O3S2/c1-15(2)18-6-4-5-7-19(18)26-10-9-23-22(26)31-13-21(28)24-20-12-16(3)25-27(20)17-8-11-32(29,30)14-17/h4-7,9-10,12,15,17H,8,11,13-14H2,1-3H3,(H,24,28). The largest absolute Gasteiger partial charge is 0.310 e. The molecular weight excluding hydrogens is 446 g/mol. The fourth-order valence-corrected chi connectivity index (χ4v) is 6.40. The summed E-state index contributed by atoms with van der Waals surface area (Å²) in [6.07, 6.45) is 4.14. The first-order chi connectivity index (χ1) is 15.2. The lowest BCUT2D eigenvalue weighted by Gasteiger charge is -2.15. The number of hydrogen-bond acceptors (Lipinski definition) is 6. The van der Waals surface area contributed by atoms with Crippen LogP contribution in [0, 0.1) is 6.92 Å². The fourth-order valence-electron chi connectivity index (χ4n) is 3.94. The topological polar surface area (TPSA) is 98.9 Å². The maximum Gasteiger partial charge on any atom is 0.235 e. The molecule has 2 aromatic heterocycles. The van der Waals surface area contributed by atoms with Crippen LogP contribution in [0.1, 0.15) is 43.5 Å². The number of hydrogen-bond donors (Lipinski definition) is 1. The fraction of sp³-hybridized carbons (Fsp3) is 0.409. The lowest BCUT2D eigenvalue weighted by molar-refractivity contribution is -0.113. The molecule has 1 aliphatic heterocycles. The third-order valence-corrected chi connectivity index (χ3v) is 8.15. The Labute approximate surface area is 192 Å². The molecular formula is C22H27N5O3S2. The summed E-state index contributed by atoms with van der Waals surface area (Å²) >= 11 is 1.36. The Kier molecular flexibility index (Phi) is 6.43. The Morgan fingerprint density at radius 1 is 1.31 bits per heavy atom. The molecule has 0 spiro atoms. The Morgan fingerprint density at radius 3 is 2.81 bits per heavy atom. The van der Waals surface area contributed by atoms with Crippen LogP contribution in [0.25, 0.3) is 5.69 Å². The summed E-state index contributed by atoms with van der Waals surface area (Å²) in [5, 5.41) is 8.05. The molecule has 10 heteroatoms. The second-order valence-electron chi connectivity index (χ2n) is 8.30. The van der Waals surface area contributed by atoms with Gasteiger partial charge in [0.1, 0.15) is 5.82 Å². The summed E-state index contributed by atoms with van der Waals surface area (Å²) in [5.74, 6) is 1.08. The number of nitrogens with zero attached hydrogens (tertiary/aromatic N) is 4. The van der Waals surface area contributed by atoms with Gasteiger partial charge in [-0.2, -0.15) is 5.10 Å². The highest BCUT2D eigenvalue weighted by molar-refractivity contribution is 7.99. The minimum atomic E-state index is -3.05. The maximum atomic E-state index is 12.7. The van der Waals surface area contributed by atoms with Crippen LogP contribution >= 0.6 is 11.8 Å². The highest BCUT2D eigenvalue weighted by atomic mass is 32.2. The number of thioether (sulfide) groups is 1. The number of imidazole rings is 1. The zero-order valence-corrected chi connectivity index (χ0v) is 20.0. The van der Waals surface area contributed by atoms with Crippen molar-refractivity contribution < 1.29 is 13.2 Å². The highest BCUT2D eigenvalue weighted by Gasteiger charge is 2.31. The van der Waals surface area contributed by atoms with Gasteiger partial charge in [-0.15, -0.1) is 0 Å². The second-order valence-corrected chi connectivity index (χ2v) is 11.5. The lowest BCUT2D eigenvalue weighted by atomic mass is 10.0. The molecule has 4 rings (SSSR count). The Morgan fingerprint density at radius 2 is 2.09 bits per heavy atom. The van der Waals surface area contributed by atoms with Crippen molar-refractivity contribution in [1.29, 1.82) is 0 Å². The number of carbonyl (C=O) groups is 1. The van der Waals surface area contributed by atoms with Gasteiger partial charge in [-0.1, -0.05) is 43.8 Å². The van der Waals surface area contributed by atoms with Gasteiger partial charge < -0.3 is 5.32 Å². The van der Waals surface area contributed by atoms with Gasteiger partial charge in [-0.05, 0) is 30.9 Å². The van der Waals surface area contributed by atoms with Crippen molar-refractivity contribution in [2.75, 3.05) is 22.6 Å². The second kappa shape index (κ2) is 9.11. The zero-order chi connectivity index (χ0) is 22.9. The molecule has 0 saturated carbocycles. The Bertz CT molecular complexity index is 1230. The molecule has 32 heavy (non-hydrogen) atoms. The van der Waals surface area contributed by atoms with Crippen molar-refractivity contribution in [2.24, 2.45) is 0 Å². The number of nitrogens with one attached hydrogen (secondary N) is 1. The first-order valence-electron chi connectivity index (χ1n) is 10.6. The smallest absolute Gasteiger partial charge is 0.235 e. The van der Waals surface area contributed by atoms with Crippen LogP contribution in [0.2, 0.25) is 0 Å². The molecule has 3 heterocycles. The Balaban J connectivity index is 1.46. The van der Waals surface area contributed by atoms with Crippen LogP contribution in [-0.2, 0) is 14.6 Å². The van der Waals surface area contributed by atoms with E-state index in [1.54, 1.807) is 16.9 Å². The summed E-state index contributed by atoms with van der Waals surface area (Å²) in [6.45, 7) is 6.13. The van der Waals surface area contributed by atoms with Crippen molar-refractivity contribution >= 4 is 33.3 Å². The first-order valence-corrected chi connectivity index (χ1v) is 13.4. The molecule has 1 fully saturated rings. The zero-order valence-electron chi connectivity index (χ0n) is 18.4. The third-order valence-electron chi connectivity index (χ3n) is 5.44. The number of sulfone groups is 1. The van der Waals surface area contributed by atoms with E-state index in [0.29, 0.717) is 18.2 Å². The highest BCUT2D eigenvalue weighted by Crippen LogP contribution is 2.29. The first kappa shape index (κ1) is 22.6. The van der Waals surface area contributed by atoms with Crippen molar-refractivity contribution in [3.8, 4) is 5.69 Å². The average molecular weight is 474 g/mol. The summed E-state index contributed by atoms with van der Waals surface area (Å²) in [4.78, 5) is 17.1. The summed E-state index contributed by atoms with van der Waals surface area (Å²) in [7, 11) is -3.05. The summed E-state index contributed by atoms with van der Waals surface area (Å²) < 4.78 is 27.4. The third kappa shape index (κ3) is 4.91. The molecule has 1 N–H and O–H groups in total. The molecule has 1 aliphatic rings. The van der Waals surface area contributed by atoms with Crippen LogP contribution < -0.4 is 5.32 Å². The molecule has 1 saturated heterocycles. The number of para-hydroxylation sites is 1. The van der Waals surface area contributed by atoms with Gasteiger partial charge in [-0.25, -0.2) is 18.1 Å². The van der Waals surface area contributed by atoms with E-state index in [0.717, 1.165) is 16.5 Å². The number of benzene rings is 1. The number of aryl methyl sites for hydroxylation is 1. The molecule has 0 aliphatic carbocycles. The van der Waals surface area contributed by atoms with Crippen LogP contribution in [0.15, 0.2) is 47.9 Å². The van der Waals surface area contributed by atoms with Crippen LogP contribution in [0.3, 0.4) is 0 Å². The van der Waals surface area contributed by atoms with Gasteiger partial charge in [0.2, 0.25) is 5.91 Å². The SMILES string of the molecule is Cc1cc(NC(=O)CSc2nccn2-c2ccccc2C(C)C)n(C2CCS(=O)(=O)C2)n1. The number of aromatic nitrogens is 4. The van der Waals surface area contributed by atoms with Gasteiger partial charge in [0.05, 0.1) is 34.7 Å². The van der Waals surface area contributed by atoms with Crippen molar-refractivity contribution in [3.05, 3.63) is 54.0 Å². The monoisotopic (exact) mass is 473 g/mol. The predicted molar refractivity (Wildman–Crippen MR) is 126 cm³/mol. The van der Waals surface area contributed by atoms with Gasteiger partial charge in [0, 0.05) is 18.5 Å². The predicted octanol–water partition coefficient (Wildman–Crippen LogP) is 3.59. The molecule has 8 nitrogen and oxygen atoms in total. The average Bonchev–Trinajstić information content (AvgIpc) is 3.44. The lowest BCUT2D eigenvalue weighted by Crippen LogP contribution is -2.20. The summed E-state index contributed by atoms with van der Waals surface area (Å²) in [6, 6.07) is 9.70. The maximum absolute atomic E-state index is 12.7. The minimum absolute atomic E-state index is 0.0540. The van der Waals surface area contributed by atoms with E-state index in [4.69, 9.17) is 0 Å². The molecule has 3 aromatic rings. The molecule has 1 atom stereocenters. The van der Waals surface area contributed by atoms with Crippen molar-refractivity contribution in [2.45, 2.75) is 44.3 Å². The van der Waals surface area contributed by atoms with E-state index in [9.17, 15) is 13.2 Å². The quantitative estimate of drug-likeness (QED) is 0.527. The van der Waals surface area contributed by atoms with Gasteiger partial charge >= 0.3 is 0 Å². The van der Waals surface area contributed by atoms with Crippen LogP contribution in [0.4, 0.5) is 5.82 Å². The summed E-state index contributed by atoms with van der Waals surface area (Å²) in [5.41, 5.74) is 3.00. The van der Waals surface area contributed by atoms with E-state index in [1.807, 2.05) is 29.8 Å². The molecule has 0 radical (unpaired) electrons. The Hall–Kier alpha value is -2.59. The minimum Gasteiger partial charge on any atom is -0.310 e. The van der Waals surface area contributed by atoms with Crippen molar-refractivity contribution in [3.63, 3.8) is 0 Å². The number of carbonyl (C=O) groups excluding carboxylic acids is 1. The van der Waals surface area contributed by atoms with Gasteiger partial charge in [-0.3, -0.25) is 9.36 Å². The molecule has 1 unspecified atom stereocenters. The van der Waals surface area contributed by atoms with Crippen molar-refractivity contribution in [1.82, 2.24) is 19.3 Å². The normalized spacial score (nSPS) is 17.7. The van der Waals surface area contributed by atoms with Gasteiger partial charge in [0.25, 0.3) is 0 Å². The van der Waals surface area contributed by atoms with E-state index < -0.39 is 9.84 Å². The van der Waals surface area contributed by atoms with E-state index in [1.165, 1.54) is 17.3 Å². The van der Waals surface area contributed by atoms with E-state index >= 15 is 0 Å². The number of amides is 1. The van der Waals surface area contributed by atoms with Gasteiger partial charge in [0.15, 0.2) is 15.0 Å². The molecule has 1 aromatic carbocycles. The van der Waals surface area contributed by atoms with Crippen LogP contribution in [0.5, 0.6) is 0 Å². The molecule has 170 valence electrons. The van der Waals surface area contributed by atoms with Crippen LogP contribution in [-0.4, -0.2) is 50.9 Å².